The summed E-state index contributed by atoms with van der Waals surface area (Å²) in [5.74, 6) is -2.18. The normalized spacial score (nSPS) is 12.9. The highest BCUT2D eigenvalue weighted by atomic mass is 35.5. The Bertz CT molecular complexity index is 1920. The van der Waals surface area contributed by atoms with Crippen LogP contribution in [0.1, 0.15) is 31.8 Å². The standard InChI is InChI=1S/C33H24Cl2N4O6/c1-44-28-10-6-5-9-25(28)36-32(42)23-15-18-7-3-4-8-21(18)29(30(23)40)39-38-26-16-19(11-13-22(26)33(43)45-2)31(41)37-27-17-20(34)12-14-24(27)35/h3-17,38H,1-2H3,(H,36,42)(H,37,41)/b39-29-. The van der Waals surface area contributed by atoms with Gasteiger partial charge in [-0.3, -0.25) is 19.8 Å². The van der Waals surface area contributed by atoms with Gasteiger partial charge in [0, 0.05) is 16.1 Å². The fourth-order valence-electron chi connectivity index (χ4n) is 4.50. The van der Waals surface area contributed by atoms with Crippen LogP contribution in [0.2, 0.25) is 10.0 Å². The molecule has 0 bridgehead atoms. The first kappa shape index (κ1) is 31.0. The van der Waals surface area contributed by atoms with Gasteiger partial charge in [-0.25, -0.2) is 4.79 Å². The predicted molar refractivity (Wildman–Crippen MR) is 173 cm³/mol. The molecule has 10 nitrogen and oxygen atoms in total. The topological polar surface area (TPSA) is 135 Å². The summed E-state index contributed by atoms with van der Waals surface area (Å²) < 4.78 is 10.2. The van der Waals surface area contributed by atoms with Crippen molar-refractivity contribution < 1.29 is 28.7 Å². The molecular weight excluding hydrogens is 619 g/mol. The number of hydrogen-bond acceptors (Lipinski definition) is 8. The summed E-state index contributed by atoms with van der Waals surface area (Å²) in [6, 6.07) is 22.5. The first-order chi connectivity index (χ1) is 21.7. The van der Waals surface area contributed by atoms with Crippen molar-refractivity contribution in [3.63, 3.8) is 0 Å². The quantitative estimate of drug-likeness (QED) is 0.114. The number of amides is 2. The Kier molecular flexibility index (Phi) is 9.27. The van der Waals surface area contributed by atoms with Crippen molar-refractivity contribution in [3.8, 4) is 5.75 Å². The lowest BCUT2D eigenvalue weighted by Gasteiger charge is -2.18. The molecule has 2 amide bonds. The van der Waals surface area contributed by atoms with E-state index in [-0.39, 0.29) is 38.8 Å². The highest BCUT2D eigenvalue weighted by Gasteiger charge is 2.31. The first-order valence-corrected chi connectivity index (χ1v) is 14.1. The zero-order chi connectivity index (χ0) is 32.1. The number of ketones is 1. The molecule has 1 aliphatic carbocycles. The number of carbonyl (C=O) groups excluding carboxylic acids is 4. The number of fused-ring (bicyclic) bond motifs is 1. The van der Waals surface area contributed by atoms with Crippen LogP contribution in [0.15, 0.2) is 95.6 Å². The number of methoxy groups -OCH3 is 2. The van der Waals surface area contributed by atoms with E-state index in [2.05, 4.69) is 21.2 Å². The van der Waals surface area contributed by atoms with Crippen LogP contribution in [-0.2, 0) is 14.3 Å². The molecule has 5 rings (SSSR count). The number of benzene rings is 4. The molecule has 226 valence electrons. The van der Waals surface area contributed by atoms with Gasteiger partial charge in [-0.2, -0.15) is 5.10 Å². The monoisotopic (exact) mass is 642 g/mol. The molecule has 0 fully saturated rings. The van der Waals surface area contributed by atoms with E-state index in [4.69, 9.17) is 32.7 Å². The minimum atomic E-state index is -0.713. The van der Waals surface area contributed by atoms with Crippen molar-refractivity contribution in [2.75, 3.05) is 30.3 Å². The van der Waals surface area contributed by atoms with E-state index in [1.807, 2.05) is 0 Å². The van der Waals surface area contributed by atoms with Crippen LogP contribution in [0.5, 0.6) is 5.75 Å². The first-order valence-electron chi connectivity index (χ1n) is 13.3. The third-order valence-corrected chi connectivity index (χ3v) is 7.29. The molecule has 0 unspecified atom stereocenters. The summed E-state index contributed by atoms with van der Waals surface area (Å²) >= 11 is 12.2. The molecule has 4 aromatic rings. The fraction of sp³-hybridized carbons (Fsp3) is 0.0606. The number of nitrogens with one attached hydrogen (secondary N) is 3. The number of rotatable bonds is 8. The number of nitrogens with zero attached hydrogens (tertiary/aromatic N) is 1. The van der Waals surface area contributed by atoms with Gasteiger partial charge in [0.2, 0.25) is 5.78 Å². The van der Waals surface area contributed by atoms with E-state index in [0.717, 1.165) is 0 Å². The molecule has 0 aliphatic heterocycles. The highest BCUT2D eigenvalue weighted by Crippen LogP contribution is 2.29. The molecule has 3 N–H and O–H groups in total. The van der Waals surface area contributed by atoms with Crippen molar-refractivity contribution in [2.45, 2.75) is 0 Å². The SMILES string of the molecule is COC(=O)c1ccc(C(=O)Nc2cc(Cl)ccc2Cl)cc1N/N=C1\C(=O)C(C(=O)Nc2ccccc2OC)=Cc2ccccc21. The third kappa shape index (κ3) is 6.72. The Balaban J connectivity index is 1.48. The van der Waals surface area contributed by atoms with Crippen molar-refractivity contribution in [1.82, 2.24) is 0 Å². The zero-order valence-corrected chi connectivity index (χ0v) is 25.3. The van der Waals surface area contributed by atoms with E-state index >= 15 is 0 Å². The molecule has 0 saturated carbocycles. The van der Waals surface area contributed by atoms with Crippen LogP contribution in [0.3, 0.4) is 0 Å². The van der Waals surface area contributed by atoms with Gasteiger partial charge in [0.1, 0.15) is 11.5 Å². The number of hydrazone groups is 1. The predicted octanol–water partition coefficient (Wildman–Crippen LogP) is 6.46. The van der Waals surface area contributed by atoms with Crippen molar-refractivity contribution in [1.29, 1.82) is 0 Å². The number of carbonyl (C=O) groups is 4. The summed E-state index contributed by atoms with van der Waals surface area (Å²) in [6.07, 6.45) is 1.48. The van der Waals surface area contributed by atoms with E-state index in [0.29, 0.717) is 27.6 Å². The van der Waals surface area contributed by atoms with Gasteiger partial charge in [0.25, 0.3) is 11.8 Å². The van der Waals surface area contributed by atoms with Gasteiger partial charge in [0.15, 0.2) is 0 Å². The molecular formula is C33H24Cl2N4O6. The lowest BCUT2D eigenvalue weighted by Crippen LogP contribution is -2.30. The van der Waals surface area contributed by atoms with Crippen molar-refractivity contribution in [3.05, 3.63) is 123 Å². The van der Waals surface area contributed by atoms with E-state index < -0.39 is 23.6 Å². The lowest BCUT2D eigenvalue weighted by molar-refractivity contribution is -0.116. The number of anilines is 3. The van der Waals surface area contributed by atoms with Crippen LogP contribution >= 0.6 is 23.2 Å². The van der Waals surface area contributed by atoms with E-state index in [1.165, 1.54) is 44.6 Å². The Morgan fingerprint density at radius 2 is 1.51 bits per heavy atom. The Morgan fingerprint density at radius 3 is 2.29 bits per heavy atom. The lowest BCUT2D eigenvalue weighted by atomic mass is 9.89. The van der Waals surface area contributed by atoms with Gasteiger partial charge < -0.3 is 20.1 Å². The number of ether oxygens (including phenoxy) is 2. The summed E-state index contributed by atoms with van der Waals surface area (Å²) in [4.78, 5) is 52.7. The van der Waals surface area contributed by atoms with Crippen LogP contribution in [-0.4, -0.2) is 43.5 Å². The summed E-state index contributed by atoms with van der Waals surface area (Å²) in [5, 5.41) is 10.4. The maximum atomic E-state index is 13.7. The van der Waals surface area contributed by atoms with Crippen LogP contribution in [0.25, 0.3) is 6.08 Å². The van der Waals surface area contributed by atoms with Crippen LogP contribution in [0.4, 0.5) is 17.1 Å². The molecule has 45 heavy (non-hydrogen) atoms. The van der Waals surface area contributed by atoms with Gasteiger partial charge >= 0.3 is 5.97 Å². The minimum absolute atomic E-state index is 0.0420. The zero-order valence-electron chi connectivity index (χ0n) is 23.8. The molecule has 1 aliphatic rings. The molecule has 0 spiro atoms. The fourth-order valence-corrected chi connectivity index (χ4v) is 4.83. The molecule has 0 aromatic heterocycles. The average Bonchev–Trinajstić information content (AvgIpc) is 3.05. The third-order valence-electron chi connectivity index (χ3n) is 6.73. The number of esters is 1. The van der Waals surface area contributed by atoms with Gasteiger partial charge in [-0.05, 0) is 60.2 Å². The Labute approximate surface area is 267 Å². The molecule has 0 atom stereocenters. The molecule has 0 saturated heterocycles. The summed E-state index contributed by atoms with van der Waals surface area (Å²) in [5.41, 5.74) is 4.42. The molecule has 4 aromatic carbocycles. The second kappa shape index (κ2) is 13.5. The molecule has 0 heterocycles. The molecule has 0 radical (unpaired) electrons. The maximum absolute atomic E-state index is 13.7. The smallest absolute Gasteiger partial charge is 0.340 e. The van der Waals surface area contributed by atoms with E-state index in [9.17, 15) is 19.2 Å². The molecule has 12 heteroatoms. The Morgan fingerprint density at radius 1 is 0.778 bits per heavy atom. The van der Waals surface area contributed by atoms with Crippen molar-refractivity contribution >= 4 is 75.6 Å². The number of Topliss-reactive ketones (excluding diaryl/α,β-unsaturated/α-hetero) is 1. The second-order valence-electron chi connectivity index (χ2n) is 9.53. The van der Waals surface area contributed by atoms with Crippen LogP contribution in [0, 0.1) is 0 Å². The number of hydrogen-bond donors (Lipinski definition) is 3. The highest BCUT2D eigenvalue weighted by molar-refractivity contribution is 6.59. The average molecular weight is 643 g/mol. The second-order valence-corrected chi connectivity index (χ2v) is 10.4. The number of para-hydroxylation sites is 2. The minimum Gasteiger partial charge on any atom is -0.495 e. The van der Waals surface area contributed by atoms with Crippen LogP contribution < -0.4 is 20.8 Å². The van der Waals surface area contributed by atoms with Gasteiger partial charge in [0.05, 0.1) is 47.4 Å². The number of halogens is 2. The maximum Gasteiger partial charge on any atom is 0.340 e. The Hall–Kier alpha value is -5.45. The van der Waals surface area contributed by atoms with Gasteiger partial charge in [-0.1, -0.05) is 59.6 Å². The van der Waals surface area contributed by atoms with Gasteiger partial charge in [-0.15, -0.1) is 0 Å². The summed E-state index contributed by atoms with van der Waals surface area (Å²) in [7, 11) is 2.68. The largest absolute Gasteiger partial charge is 0.495 e. The van der Waals surface area contributed by atoms with Crippen molar-refractivity contribution in [2.24, 2.45) is 5.10 Å². The summed E-state index contributed by atoms with van der Waals surface area (Å²) in [6.45, 7) is 0. The van der Waals surface area contributed by atoms with E-state index in [1.54, 1.807) is 60.7 Å².